The fraction of sp³-hybridized carbons (Fsp3) is 0.562. The zero-order chi connectivity index (χ0) is 17.1. The number of aromatic hydroxyl groups is 1. The third kappa shape index (κ3) is 3.88. The molecule has 1 unspecified atom stereocenters. The highest BCUT2D eigenvalue weighted by atomic mass is 16.5. The first kappa shape index (κ1) is 17.8. The Labute approximate surface area is 133 Å². The Kier molecular flexibility index (Phi) is 5.72. The van der Waals surface area contributed by atoms with Crippen LogP contribution in [-0.4, -0.2) is 62.3 Å². The maximum Gasteiger partial charge on any atom is 0.130 e. The second-order valence-corrected chi connectivity index (χ2v) is 5.84. The molecule has 0 spiro atoms. The largest absolute Gasteiger partial charge is 0.508 e. The summed E-state index contributed by atoms with van der Waals surface area (Å²) < 4.78 is 5.44. The lowest BCUT2D eigenvalue weighted by molar-refractivity contribution is -0.232. The van der Waals surface area contributed by atoms with Crippen LogP contribution in [0.15, 0.2) is 18.2 Å². The van der Waals surface area contributed by atoms with Crippen LogP contribution in [-0.2, 0) is 16.0 Å². The minimum absolute atomic E-state index is 0.0347. The Morgan fingerprint density at radius 3 is 2.48 bits per heavy atom. The van der Waals surface area contributed by atoms with Crippen molar-refractivity contribution in [2.75, 3.05) is 6.61 Å². The van der Waals surface area contributed by atoms with Crippen molar-refractivity contribution in [3.05, 3.63) is 29.3 Å². The maximum absolute atomic E-state index is 11.1. The van der Waals surface area contributed by atoms with Crippen LogP contribution in [0.4, 0.5) is 0 Å². The summed E-state index contributed by atoms with van der Waals surface area (Å²) in [4.78, 5) is 11.1. The average Bonchev–Trinajstić information content (AvgIpc) is 2.52. The first-order valence-corrected chi connectivity index (χ1v) is 7.47. The number of ketones is 1. The van der Waals surface area contributed by atoms with E-state index in [2.05, 4.69) is 0 Å². The van der Waals surface area contributed by atoms with Crippen LogP contribution >= 0.6 is 0 Å². The summed E-state index contributed by atoms with van der Waals surface area (Å²) in [7, 11) is 0. The van der Waals surface area contributed by atoms with E-state index in [1.807, 2.05) is 0 Å². The lowest BCUT2D eigenvalue weighted by atomic mass is 9.90. The van der Waals surface area contributed by atoms with Crippen LogP contribution in [0.1, 0.15) is 30.6 Å². The fourth-order valence-corrected chi connectivity index (χ4v) is 2.67. The van der Waals surface area contributed by atoms with Gasteiger partial charge in [0.15, 0.2) is 0 Å². The standard InChI is InChI=1S/C16H22O7/c1-8(18)2-3-9-4-5-11(19)10(6-9)16-15(22)14(21)13(20)12(7-17)23-16/h4-6,12-17,19-22H,2-3,7H2,1H3/t12-,13-,14+,15-,16?/m1/s1. The summed E-state index contributed by atoms with van der Waals surface area (Å²) in [6, 6.07) is 4.67. The van der Waals surface area contributed by atoms with Gasteiger partial charge in [0.05, 0.1) is 6.61 Å². The third-order valence-corrected chi connectivity index (χ3v) is 4.06. The van der Waals surface area contributed by atoms with E-state index < -0.39 is 37.1 Å². The molecule has 0 aromatic heterocycles. The second-order valence-electron chi connectivity index (χ2n) is 5.84. The topological polar surface area (TPSA) is 127 Å². The Morgan fingerprint density at radius 1 is 1.17 bits per heavy atom. The minimum atomic E-state index is -1.51. The predicted molar refractivity (Wildman–Crippen MR) is 79.8 cm³/mol. The smallest absolute Gasteiger partial charge is 0.130 e. The second kappa shape index (κ2) is 7.37. The van der Waals surface area contributed by atoms with Gasteiger partial charge < -0.3 is 35.1 Å². The molecule has 1 saturated heterocycles. The molecule has 1 fully saturated rings. The quantitative estimate of drug-likeness (QED) is 0.490. The van der Waals surface area contributed by atoms with Crippen molar-refractivity contribution in [1.82, 2.24) is 0 Å². The Morgan fingerprint density at radius 2 is 1.87 bits per heavy atom. The van der Waals surface area contributed by atoms with Crippen molar-refractivity contribution >= 4 is 5.78 Å². The molecule has 1 aliphatic heterocycles. The normalized spacial score (nSPS) is 31.1. The van der Waals surface area contributed by atoms with Crippen LogP contribution in [0.2, 0.25) is 0 Å². The number of aryl methyl sites for hydroxylation is 1. The molecular weight excluding hydrogens is 304 g/mol. The van der Waals surface area contributed by atoms with E-state index in [0.717, 1.165) is 5.56 Å². The Hall–Kier alpha value is -1.51. The number of hydrogen-bond acceptors (Lipinski definition) is 7. The van der Waals surface area contributed by atoms with Gasteiger partial charge in [-0.05, 0) is 31.0 Å². The van der Waals surface area contributed by atoms with Crippen molar-refractivity contribution in [1.29, 1.82) is 0 Å². The van der Waals surface area contributed by atoms with Gasteiger partial charge in [0.25, 0.3) is 0 Å². The molecule has 5 atom stereocenters. The monoisotopic (exact) mass is 326 g/mol. The highest BCUT2D eigenvalue weighted by Gasteiger charge is 2.44. The zero-order valence-corrected chi connectivity index (χ0v) is 12.8. The number of phenolic OH excluding ortho intramolecular Hbond substituents is 1. The Bertz CT molecular complexity index is 557. The van der Waals surface area contributed by atoms with Crippen LogP contribution in [0, 0.1) is 0 Å². The molecule has 2 rings (SSSR count). The van der Waals surface area contributed by atoms with Crippen molar-refractivity contribution in [2.45, 2.75) is 50.3 Å². The van der Waals surface area contributed by atoms with Crippen molar-refractivity contribution in [3.63, 3.8) is 0 Å². The summed E-state index contributed by atoms with van der Waals surface area (Å²) in [6.07, 6.45) is -5.73. The predicted octanol–water partition coefficient (Wildman–Crippen LogP) is -0.571. The lowest BCUT2D eigenvalue weighted by Gasteiger charge is -2.40. The number of hydrogen-bond donors (Lipinski definition) is 5. The molecule has 0 aliphatic carbocycles. The first-order chi connectivity index (χ1) is 10.8. The van der Waals surface area contributed by atoms with Gasteiger partial charge in [-0.3, -0.25) is 0 Å². The van der Waals surface area contributed by atoms with Gasteiger partial charge >= 0.3 is 0 Å². The molecule has 0 saturated carbocycles. The van der Waals surface area contributed by atoms with Crippen LogP contribution in [0.3, 0.4) is 0 Å². The molecule has 23 heavy (non-hydrogen) atoms. The minimum Gasteiger partial charge on any atom is -0.508 e. The van der Waals surface area contributed by atoms with Crippen molar-refractivity contribution in [3.8, 4) is 5.75 Å². The van der Waals surface area contributed by atoms with E-state index in [-0.39, 0.29) is 17.1 Å². The Balaban J connectivity index is 2.28. The van der Waals surface area contributed by atoms with E-state index in [1.165, 1.54) is 13.0 Å². The lowest BCUT2D eigenvalue weighted by Crippen LogP contribution is -2.55. The van der Waals surface area contributed by atoms with Crippen molar-refractivity contribution < 1.29 is 35.1 Å². The van der Waals surface area contributed by atoms with Gasteiger partial charge in [-0.25, -0.2) is 0 Å². The summed E-state index contributed by atoms with van der Waals surface area (Å²) in [6.45, 7) is 0.950. The number of Topliss-reactive ketones (excluding diaryl/α,β-unsaturated/α-hetero) is 1. The number of carbonyl (C=O) groups excluding carboxylic acids is 1. The maximum atomic E-state index is 11.1. The molecule has 1 aromatic rings. The van der Waals surface area contributed by atoms with E-state index >= 15 is 0 Å². The van der Waals surface area contributed by atoms with E-state index in [1.54, 1.807) is 12.1 Å². The number of benzene rings is 1. The number of phenols is 1. The highest BCUT2D eigenvalue weighted by molar-refractivity contribution is 5.75. The molecule has 128 valence electrons. The molecule has 5 N–H and O–H groups in total. The molecule has 0 bridgehead atoms. The third-order valence-electron chi connectivity index (χ3n) is 4.06. The molecule has 0 radical (unpaired) electrons. The molecule has 1 aliphatic rings. The van der Waals surface area contributed by atoms with Gasteiger partial charge in [-0.15, -0.1) is 0 Å². The SMILES string of the molecule is CC(=O)CCc1ccc(O)c(C2O[C@H](CO)[C@@H](O)[C@H](O)[C@H]2O)c1. The van der Waals surface area contributed by atoms with Crippen LogP contribution in [0.25, 0.3) is 0 Å². The molecule has 1 aromatic carbocycles. The van der Waals surface area contributed by atoms with Gasteiger partial charge in [0.2, 0.25) is 0 Å². The van der Waals surface area contributed by atoms with Gasteiger partial charge in [-0.2, -0.15) is 0 Å². The van der Waals surface area contributed by atoms with Crippen molar-refractivity contribution in [2.24, 2.45) is 0 Å². The first-order valence-electron chi connectivity index (χ1n) is 7.47. The zero-order valence-electron chi connectivity index (χ0n) is 12.8. The molecular formula is C16H22O7. The summed E-state index contributed by atoms with van der Waals surface area (Å²) in [5.41, 5.74) is 1.01. The van der Waals surface area contributed by atoms with Gasteiger partial charge in [0, 0.05) is 12.0 Å². The van der Waals surface area contributed by atoms with E-state index in [0.29, 0.717) is 12.8 Å². The fourth-order valence-electron chi connectivity index (χ4n) is 2.67. The molecule has 7 nitrogen and oxygen atoms in total. The highest BCUT2D eigenvalue weighted by Crippen LogP contribution is 2.37. The number of aliphatic hydroxyl groups excluding tert-OH is 4. The number of aliphatic hydroxyl groups is 4. The molecule has 0 amide bonds. The number of carbonyl (C=O) groups is 1. The van der Waals surface area contributed by atoms with Gasteiger partial charge in [0.1, 0.15) is 42.1 Å². The summed E-state index contributed by atoms with van der Waals surface area (Å²) in [5, 5.41) is 49.0. The van der Waals surface area contributed by atoms with Gasteiger partial charge in [-0.1, -0.05) is 6.07 Å². The molecule has 1 heterocycles. The summed E-state index contributed by atoms with van der Waals surface area (Å²) in [5.74, 6) is -0.103. The average molecular weight is 326 g/mol. The van der Waals surface area contributed by atoms with E-state index in [9.17, 15) is 30.3 Å². The van der Waals surface area contributed by atoms with Crippen LogP contribution in [0.5, 0.6) is 5.75 Å². The molecule has 7 heteroatoms. The van der Waals surface area contributed by atoms with E-state index in [4.69, 9.17) is 4.74 Å². The van der Waals surface area contributed by atoms with Crippen LogP contribution < -0.4 is 0 Å². The number of ether oxygens (including phenoxy) is 1. The summed E-state index contributed by atoms with van der Waals surface area (Å²) >= 11 is 0. The number of rotatable bonds is 5.